The molecule has 4 aliphatic rings. The molecule has 0 N–H and O–H groups in total. The van der Waals surface area contributed by atoms with Crippen molar-refractivity contribution in [3.63, 3.8) is 0 Å². The first kappa shape index (κ1) is 10.5. The van der Waals surface area contributed by atoms with Gasteiger partial charge in [0, 0.05) is 13.1 Å². The maximum atomic E-state index is 13.4. The second-order valence-electron chi connectivity index (χ2n) is 6.11. The number of carbonyl (C=O) groups is 1. The Kier molecular flexibility index (Phi) is 2.11. The number of hydrogen-bond donors (Lipinski definition) is 0. The van der Waals surface area contributed by atoms with Gasteiger partial charge >= 0.3 is 0 Å². The molecule has 0 aromatic carbocycles. The standard InChI is InChI=1S/C13H20FNO/c1-2-10-3-5-15(6-4-10)11(16)12-7-13(14,8-12)9-12/h10H,2-9H2,1H3. The van der Waals surface area contributed by atoms with Gasteiger partial charge in [0.1, 0.15) is 5.67 Å². The molecule has 16 heavy (non-hydrogen) atoms. The van der Waals surface area contributed by atoms with Crippen LogP contribution in [0.3, 0.4) is 0 Å². The number of alkyl halides is 1. The molecule has 1 amide bonds. The van der Waals surface area contributed by atoms with E-state index in [4.69, 9.17) is 0 Å². The number of amides is 1. The van der Waals surface area contributed by atoms with E-state index in [1.807, 2.05) is 4.90 Å². The van der Waals surface area contributed by atoms with E-state index in [1.54, 1.807) is 0 Å². The summed E-state index contributed by atoms with van der Waals surface area (Å²) in [4.78, 5) is 14.2. The van der Waals surface area contributed by atoms with Crippen molar-refractivity contribution in [2.45, 2.75) is 51.1 Å². The Hall–Kier alpha value is -0.600. The number of likely N-dealkylation sites (tertiary alicyclic amines) is 1. The van der Waals surface area contributed by atoms with Gasteiger partial charge in [-0.15, -0.1) is 0 Å². The second kappa shape index (κ2) is 3.21. The van der Waals surface area contributed by atoms with Crippen LogP contribution in [0, 0.1) is 11.3 Å². The van der Waals surface area contributed by atoms with E-state index in [9.17, 15) is 9.18 Å². The highest BCUT2D eigenvalue weighted by molar-refractivity contribution is 5.87. The van der Waals surface area contributed by atoms with Gasteiger partial charge < -0.3 is 4.90 Å². The summed E-state index contributed by atoms with van der Waals surface area (Å²) in [5, 5.41) is 0. The summed E-state index contributed by atoms with van der Waals surface area (Å²) in [6.45, 7) is 4.02. The summed E-state index contributed by atoms with van der Waals surface area (Å²) < 4.78 is 13.4. The second-order valence-corrected chi connectivity index (χ2v) is 6.11. The third-order valence-electron chi connectivity index (χ3n) is 4.90. The molecule has 90 valence electrons. The predicted octanol–water partition coefficient (Wildman–Crippen LogP) is 2.53. The van der Waals surface area contributed by atoms with Crippen LogP contribution in [0.25, 0.3) is 0 Å². The van der Waals surface area contributed by atoms with Crippen LogP contribution in [0.15, 0.2) is 0 Å². The lowest BCUT2D eigenvalue weighted by Crippen LogP contribution is -2.70. The average molecular weight is 225 g/mol. The largest absolute Gasteiger partial charge is 0.342 e. The Labute approximate surface area is 96.2 Å². The zero-order valence-electron chi connectivity index (χ0n) is 9.97. The fourth-order valence-electron chi connectivity index (χ4n) is 3.77. The van der Waals surface area contributed by atoms with Crippen LogP contribution in [0.1, 0.15) is 45.4 Å². The molecule has 0 aromatic rings. The third-order valence-corrected chi connectivity index (χ3v) is 4.90. The van der Waals surface area contributed by atoms with Gasteiger partial charge in [-0.05, 0) is 38.0 Å². The number of hydrogen-bond acceptors (Lipinski definition) is 1. The van der Waals surface area contributed by atoms with Crippen LogP contribution in [-0.4, -0.2) is 29.6 Å². The predicted molar refractivity (Wildman–Crippen MR) is 59.7 cm³/mol. The summed E-state index contributed by atoms with van der Waals surface area (Å²) in [6.07, 6.45) is 5.02. The quantitative estimate of drug-likeness (QED) is 0.707. The molecular formula is C13H20FNO. The molecule has 3 saturated carbocycles. The normalized spacial score (nSPS) is 42.5. The number of halogens is 1. The van der Waals surface area contributed by atoms with Crippen molar-refractivity contribution in [3.8, 4) is 0 Å². The highest BCUT2D eigenvalue weighted by Gasteiger charge is 2.73. The molecule has 2 nitrogen and oxygen atoms in total. The molecule has 0 radical (unpaired) electrons. The molecule has 0 spiro atoms. The van der Waals surface area contributed by atoms with Crippen LogP contribution in [0.2, 0.25) is 0 Å². The minimum absolute atomic E-state index is 0.251. The van der Waals surface area contributed by atoms with Gasteiger partial charge in [-0.25, -0.2) is 4.39 Å². The first-order valence-corrected chi connectivity index (χ1v) is 6.55. The summed E-state index contributed by atoms with van der Waals surface area (Å²) in [5.74, 6) is 1.05. The van der Waals surface area contributed by atoms with E-state index in [1.165, 1.54) is 6.42 Å². The minimum atomic E-state index is -0.947. The lowest BCUT2D eigenvalue weighted by atomic mass is 9.42. The fraction of sp³-hybridized carbons (Fsp3) is 0.923. The van der Waals surface area contributed by atoms with Crippen LogP contribution >= 0.6 is 0 Å². The molecule has 4 fully saturated rings. The van der Waals surface area contributed by atoms with E-state index in [0.717, 1.165) is 31.8 Å². The highest BCUT2D eigenvalue weighted by atomic mass is 19.1. The van der Waals surface area contributed by atoms with Crippen molar-refractivity contribution in [1.29, 1.82) is 0 Å². The van der Waals surface area contributed by atoms with Gasteiger partial charge in [0.2, 0.25) is 5.91 Å². The minimum Gasteiger partial charge on any atom is -0.342 e. The smallest absolute Gasteiger partial charge is 0.229 e. The summed E-state index contributed by atoms with van der Waals surface area (Å²) in [6, 6.07) is 0. The molecule has 4 rings (SSSR count). The van der Waals surface area contributed by atoms with E-state index in [2.05, 4.69) is 6.92 Å². The molecule has 0 aromatic heterocycles. The molecule has 1 saturated heterocycles. The van der Waals surface area contributed by atoms with Gasteiger partial charge in [0.15, 0.2) is 0 Å². The Morgan fingerprint density at radius 3 is 2.31 bits per heavy atom. The SMILES string of the molecule is CCC1CCN(C(=O)C23CC(F)(C2)C3)CC1. The number of piperidine rings is 1. The zero-order valence-corrected chi connectivity index (χ0v) is 9.97. The van der Waals surface area contributed by atoms with Crippen LogP contribution < -0.4 is 0 Å². The first-order valence-electron chi connectivity index (χ1n) is 6.55. The Balaban J connectivity index is 1.57. The molecular weight excluding hydrogens is 205 g/mol. The van der Waals surface area contributed by atoms with E-state index in [0.29, 0.717) is 19.3 Å². The van der Waals surface area contributed by atoms with Gasteiger partial charge in [-0.2, -0.15) is 0 Å². The van der Waals surface area contributed by atoms with Crippen LogP contribution in [-0.2, 0) is 4.79 Å². The molecule has 1 heterocycles. The first-order chi connectivity index (χ1) is 7.57. The summed E-state index contributed by atoms with van der Waals surface area (Å²) in [5.41, 5.74) is -1.20. The van der Waals surface area contributed by atoms with Crippen LogP contribution in [0.4, 0.5) is 4.39 Å². The lowest BCUT2D eigenvalue weighted by Gasteiger charge is -2.65. The van der Waals surface area contributed by atoms with Gasteiger partial charge in [-0.3, -0.25) is 4.79 Å². The highest BCUT2D eigenvalue weighted by Crippen LogP contribution is 2.70. The molecule has 0 atom stereocenters. The number of rotatable bonds is 2. The molecule has 1 aliphatic heterocycles. The van der Waals surface area contributed by atoms with E-state index in [-0.39, 0.29) is 11.3 Å². The van der Waals surface area contributed by atoms with E-state index < -0.39 is 5.67 Å². The lowest BCUT2D eigenvalue weighted by molar-refractivity contribution is -0.222. The summed E-state index contributed by atoms with van der Waals surface area (Å²) >= 11 is 0. The monoisotopic (exact) mass is 225 g/mol. The van der Waals surface area contributed by atoms with Crippen molar-refractivity contribution in [3.05, 3.63) is 0 Å². The third kappa shape index (κ3) is 1.33. The Bertz CT molecular complexity index is 300. The molecule has 2 bridgehead atoms. The van der Waals surface area contributed by atoms with Crippen LogP contribution in [0.5, 0.6) is 0 Å². The Morgan fingerprint density at radius 2 is 1.88 bits per heavy atom. The van der Waals surface area contributed by atoms with Crippen molar-refractivity contribution in [2.75, 3.05) is 13.1 Å². The molecule has 0 unspecified atom stereocenters. The fourth-order valence-corrected chi connectivity index (χ4v) is 3.77. The van der Waals surface area contributed by atoms with Gasteiger partial charge in [-0.1, -0.05) is 13.3 Å². The average Bonchev–Trinajstić information content (AvgIpc) is 2.23. The van der Waals surface area contributed by atoms with E-state index >= 15 is 0 Å². The zero-order chi connectivity index (χ0) is 11.4. The van der Waals surface area contributed by atoms with Crippen molar-refractivity contribution in [2.24, 2.45) is 11.3 Å². The maximum Gasteiger partial charge on any atom is 0.229 e. The molecule has 3 aliphatic carbocycles. The number of carbonyl (C=O) groups excluding carboxylic acids is 1. The molecule has 3 heteroatoms. The van der Waals surface area contributed by atoms with Crippen molar-refractivity contribution < 1.29 is 9.18 Å². The van der Waals surface area contributed by atoms with Crippen molar-refractivity contribution >= 4 is 5.91 Å². The van der Waals surface area contributed by atoms with Gasteiger partial charge in [0.05, 0.1) is 5.41 Å². The maximum absolute atomic E-state index is 13.4. The topological polar surface area (TPSA) is 20.3 Å². The summed E-state index contributed by atoms with van der Waals surface area (Å²) in [7, 11) is 0. The van der Waals surface area contributed by atoms with Gasteiger partial charge in [0.25, 0.3) is 0 Å². The van der Waals surface area contributed by atoms with Crippen molar-refractivity contribution in [1.82, 2.24) is 4.90 Å². The Morgan fingerprint density at radius 1 is 1.31 bits per heavy atom. The number of nitrogens with zero attached hydrogens (tertiary/aromatic N) is 1.